The number of aliphatic hydroxyl groups excluding tert-OH is 1. The summed E-state index contributed by atoms with van der Waals surface area (Å²) < 4.78 is 4.99. The highest BCUT2D eigenvalue weighted by Crippen LogP contribution is 2.18. The van der Waals surface area contributed by atoms with Crippen LogP contribution in [0.15, 0.2) is 23.0 Å². The lowest BCUT2D eigenvalue weighted by molar-refractivity contribution is 0.116. The van der Waals surface area contributed by atoms with Gasteiger partial charge in [0.1, 0.15) is 0 Å². The van der Waals surface area contributed by atoms with E-state index in [0.29, 0.717) is 6.04 Å². The van der Waals surface area contributed by atoms with Crippen molar-refractivity contribution >= 4 is 0 Å². The van der Waals surface area contributed by atoms with Gasteiger partial charge in [0.05, 0.1) is 18.6 Å². The van der Waals surface area contributed by atoms with Gasteiger partial charge in [-0.15, -0.1) is 0 Å². The third-order valence-corrected chi connectivity index (χ3v) is 2.87. The van der Waals surface area contributed by atoms with Crippen LogP contribution in [0.4, 0.5) is 0 Å². The van der Waals surface area contributed by atoms with Crippen molar-refractivity contribution in [3.8, 4) is 0 Å². The molecule has 3 nitrogen and oxygen atoms in total. The molecule has 2 rings (SSSR count). The first-order valence-corrected chi connectivity index (χ1v) is 5.27. The Hall–Kier alpha value is -0.800. The Balaban J connectivity index is 1.71. The normalized spacial score (nSPS) is 27.8. The zero-order chi connectivity index (χ0) is 9.80. The second kappa shape index (κ2) is 4.62. The molecule has 3 heteroatoms. The van der Waals surface area contributed by atoms with E-state index in [1.165, 1.54) is 5.56 Å². The fourth-order valence-corrected chi connectivity index (χ4v) is 1.94. The summed E-state index contributed by atoms with van der Waals surface area (Å²) in [6, 6.07) is 2.54. The van der Waals surface area contributed by atoms with Crippen LogP contribution >= 0.6 is 0 Å². The maximum absolute atomic E-state index is 9.34. The Morgan fingerprint density at radius 3 is 2.79 bits per heavy atom. The van der Waals surface area contributed by atoms with E-state index in [0.717, 1.165) is 32.2 Å². The lowest BCUT2D eigenvalue weighted by atomic mass is 9.93. The van der Waals surface area contributed by atoms with Gasteiger partial charge in [0.25, 0.3) is 0 Å². The molecule has 1 heterocycles. The first-order valence-electron chi connectivity index (χ1n) is 5.27. The van der Waals surface area contributed by atoms with Crippen molar-refractivity contribution in [3.05, 3.63) is 24.2 Å². The molecule has 1 saturated carbocycles. The van der Waals surface area contributed by atoms with Crippen molar-refractivity contribution in [1.29, 1.82) is 0 Å². The molecule has 0 aliphatic heterocycles. The van der Waals surface area contributed by atoms with Crippen LogP contribution in [0, 0.1) is 0 Å². The number of nitrogens with one attached hydrogen (secondary N) is 1. The molecule has 1 aromatic rings. The standard InChI is InChI=1S/C11H17NO2/c13-11-3-1-10(2-4-11)12-7-9-5-6-14-8-9/h5-6,8,10-13H,1-4,7H2. The minimum Gasteiger partial charge on any atom is -0.472 e. The average molecular weight is 195 g/mol. The van der Waals surface area contributed by atoms with Crippen molar-refractivity contribution in [2.24, 2.45) is 0 Å². The molecule has 0 spiro atoms. The molecule has 0 unspecified atom stereocenters. The van der Waals surface area contributed by atoms with Gasteiger partial charge in [-0.1, -0.05) is 0 Å². The maximum Gasteiger partial charge on any atom is 0.0947 e. The monoisotopic (exact) mass is 195 g/mol. The molecular formula is C11H17NO2. The SMILES string of the molecule is OC1CCC(NCc2ccoc2)CC1. The number of hydrogen-bond donors (Lipinski definition) is 2. The first kappa shape index (κ1) is 9.74. The van der Waals surface area contributed by atoms with Gasteiger partial charge in [-0.05, 0) is 31.7 Å². The molecule has 1 fully saturated rings. The van der Waals surface area contributed by atoms with Crippen LogP contribution < -0.4 is 5.32 Å². The smallest absolute Gasteiger partial charge is 0.0947 e. The molecule has 1 aromatic heterocycles. The van der Waals surface area contributed by atoms with Gasteiger partial charge in [-0.3, -0.25) is 0 Å². The van der Waals surface area contributed by atoms with E-state index in [2.05, 4.69) is 5.32 Å². The number of rotatable bonds is 3. The van der Waals surface area contributed by atoms with Crippen molar-refractivity contribution in [1.82, 2.24) is 5.32 Å². The highest BCUT2D eigenvalue weighted by atomic mass is 16.3. The van der Waals surface area contributed by atoms with Crippen LogP contribution in [-0.2, 0) is 6.54 Å². The van der Waals surface area contributed by atoms with Crippen LogP contribution in [0.3, 0.4) is 0 Å². The van der Waals surface area contributed by atoms with Crippen LogP contribution in [0.25, 0.3) is 0 Å². The van der Waals surface area contributed by atoms with Gasteiger partial charge in [0.2, 0.25) is 0 Å². The average Bonchev–Trinajstić information content (AvgIpc) is 2.70. The summed E-state index contributed by atoms with van der Waals surface area (Å²) in [4.78, 5) is 0. The maximum atomic E-state index is 9.34. The van der Waals surface area contributed by atoms with E-state index in [1.54, 1.807) is 12.5 Å². The molecule has 78 valence electrons. The molecule has 2 N–H and O–H groups in total. The summed E-state index contributed by atoms with van der Waals surface area (Å²) in [5.41, 5.74) is 1.19. The number of furan rings is 1. The molecule has 0 atom stereocenters. The summed E-state index contributed by atoms with van der Waals surface area (Å²) in [6.45, 7) is 0.872. The molecule has 0 radical (unpaired) electrons. The molecule has 0 saturated heterocycles. The predicted octanol–water partition coefficient (Wildman–Crippen LogP) is 1.67. The lowest BCUT2D eigenvalue weighted by Gasteiger charge is -2.26. The van der Waals surface area contributed by atoms with Crippen molar-refractivity contribution < 1.29 is 9.52 Å². The summed E-state index contributed by atoms with van der Waals surface area (Å²) in [6.07, 6.45) is 7.43. The Labute approximate surface area is 84.1 Å². The van der Waals surface area contributed by atoms with Crippen molar-refractivity contribution in [2.45, 2.75) is 44.4 Å². The Bertz CT molecular complexity index is 250. The topological polar surface area (TPSA) is 45.4 Å². The van der Waals surface area contributed by atoms with Gasteiger partial charge in [0, 0.05) is 18.2 Å². The third kappa shape index (κ3) is 2.59. The van der Waals surface area contributed by atoms with E-state index in [1.807, 2.05) is 6.07 Å². The van der Waals surface area contributed by atoms with Crippen LogP contribution in [0.5, 0.6) is 0 Å². The fraction of sp³-hybridized carbons (Fsp3) is 0.636. The highest BCUT2D eigenvalue weighted by Gasteiger charge is 2.18. The van der Waals surface area contributed by atoms with Gasteiger partial charge in [-0.25, -0.2) is 0 Å². The summed E-state index contributed by atoms with van der Waals surface area (Å²) in [5.74, 6) is 0. The highest BCUT2D eigenvalue weighted by molar-refractivity contribution is 5.04. The van der Waals surface area contributed by atoms with Crippen LogP contribution in [0.2, 0.25) is 0 Å². The van der Waals surface area contributed by atoms with Crippen molar-refractivity contribution in [2.75, 3.05) is 0 Å². The Kier molecular flexibility index (Phi) is 3.22. The van der Waals surface area contributed by atoms with Crippen LogP contribution in [-0.4, -0.2) is 17.3 Å². The largest absolute Gasteiger partial charge is 0.472 e. The minimum absolute atomic E-state index is 0.0676. The van der Waals surface area contributed by atoms with Gasteiger partial charge < -0.3 is 14.8 Å². The van der Waals surface area contributed by atoms with Gasteiger partial charge >= 0.3 is 0 Å². The molecule has 1 aliphatic rings. The van der Waals surface area contributed by atoms with Gasteiger partial charge in [-0.2, -0.15) is 0 Å². The second-order valence-electron chi connectivity index (χ2n) is 4.02. The molecule has 0 amide bonds. The first-order chi connectivity index (χ1) is 6.84. The van der Waals surface area contributed by atoms with Crippen molar-refractivity contribution in [3.63, 3.8) is 0 Å². The second-order valence-corrected chi connectivity index (χ2v) is 4.02. The Morgan fingerprint density at radius 2 is 2.14 bits per heavy atom. The molecule has 0 bridgehead atoms. The van der Waals surface area contributed by atoms with E-state index in [4.69, 9.17) is 4.42 Å². The van der Waals surface area contributed by atoms with E-state index < -0.39 is 0 Å². The number of hydrogen-bond acceptors (Lipinski definition) is 3. The summed E-state index contributed by atoms with van der Waals surface area (Å²) in [5, 5.41) is 12.8. The molecule has 0 aromatic carbocycles. The Morgan fingerprint density at radius 1 is 1.36 bits per heavy atom. The number of aliphatic hydroxyl groups is 1. The van der Waals surface area contributed by atoms with E-state index >= 15 is 0 Å². The quantitative estimate of drug-likeness (QED) is 0.771. The lowest BCUT2D eigenvalue weighted by Crippen LogP contribution is -2.33. The molecule has 14 heavy (non-hydrogen) atoms. The molecular weight excluding hydrogens is 178 g/mol. The zero-order valence-corrected chi connectivity index (χ0v) is 8.28. The predicted molar refractivity (Wildman–Crippen MR) is 53.8 cm³/mol. The zero-order valence-electron chi connectivity index (χ0n) is 8.28. The van der Waals surface area contributed by atoms with Crippen LogP contribution in [0.1, 0.15) is 31.2 Å². The summed E-state index contributed by atoms with van der Waals surface area (Å²) >= 11 is 0. The van der Waals surface area contributed by atoms with E-state index in [9.17, 15) is 5.11 Å². The van der Waals surface area contributed by atoms with E-state index in [-0.39, 0.29) is 6.10 Å². The fourth-order valence-electron chi connectivity index (χ4n) is 1.94. The minimum atomic E-state index is -0.0676. The third-order valence-electron chi connectivity index (χ3n) is 2.87. The molecule has 1 aliphatic carbocycles. The van der Waals surface area contributed by atoms with Gasteiger partial charge in [0.15, 0.2) is 0 Å². The summed E-state index contributed by atoms with van der Waals surface area (Å²) in [7, 11) is 0.